The van der Waals surface area contributed by atoms with Gasteiger partial charge in [-0.1, -0.05) is 42.5 Å². The average molecular weight is 293 g/mol. The van der Waals surface area contributed by atoms with Gasteiger partial charge in [-0.2, -0.15) is 0 Å². The predicted octanol–water partition coefficient (Wildman–Crippen LogP) is 5.89. The highest BCUT2D eigenvalue weighted by Gasteiger charge is 2.14. The van der Waals surface area contributed by atoms with Gasteiger partial charge in [0.1, 0.15) is 0 Å². The molecule has 0 amide bonds. The zero-order valence-electron chi connectivity index (χ0n) is 12.2. The summed E-state index contributed by atoms with van der Waals surface area (Å²) in [6, 6.07) is 21.4. The quantitative estimate of drug-likeness (QED) is 0.389. The van der Waals surface area contributed by atoms with E-state index in [1.807, 2.05) is 60.7 Å². The first kappa shape index (κ1) is 13.1. The molecule has 0 radical (unpaired) electrons. The minimum Gasteiger partial charge on any atom is -0.312 e. The van der Waals surface area contributed by atoms with E-state index in [4.69, 9.17) is 13.1 Å². The highest BCUT2D eigenvalue weighted by atomic mass is 15.0. The van der Waals surface area contributed by atoms with Gasteiger partial charge in [-0.05, 0) is 29.7 Å². The third kappa shape index (κ3) is 1.88. The maximum atomic E-state index is 7.45. The normalized spacial score (nSPS) is 10.5. The molecule has 0 fully saturated rings. The topological polar surface area (TPSA) is 13.6 Å². The van der Waals surface area contributed by atoms with Crippen LogP contribution in [0.3, 0.4) is 0 Å². The minimum atomic E-state index is 0.606. The summed E-state index contributed by atoms with van der Waals surface area (Å²) < 4.78 is 2.12. The monoisotopic (exact) mass is 293 g/mol. The van der Waals surface area contributed by atoms with E-state index in [2.05, 4.69) is 14.3 Å². The molecule has 0 spiro atoms. The van der Waals surface area contributed by atoms with Gasteiger partial charge >= 0.3 is 0 Å². The molecule has 0 N–H and O–H groups in total. The van der Waals surface area contributed by atoms with Crippen molar-refractivity contribution in [2.75, 3.05) is 0 Å². The Balaban J connectivity index is 2.22. The highest BCUT2D eigenvalue weighted by Crippen LogP contribution is 2.37. The van der Waals surface area contributed by atoms with Crippen LogP contribution in [0, 0.1) is 13.1 Å². The molecular weight excluding hydrogens is 282 g/mol. The van der Waals surface area contributed by atoms with Crippen LogP contribution in [-0.4, -0.2) is 4.57 Å². The van der Waals surface area contributed by atoms with Gasteiger partial charge in [0.25, 0.3) is 0 Å². The molecule has 4 rings (SSSR count). The van der Waals surface area contributed by atoms with Gasteiger partial charge in [-0.3, -0.25) is 0 Å². The largest absolute Gasteiger partial charge is 0.312 e. The van der Waals surface area contributed by atoms with Gasteiger partial charge in [-0.25, -0.2) is 9.69 Å². The fourth-order valence-corrected chi connectivity index (χ4v) is 3.07. The van der Waals surface area contributed by atoms with E-state index in [-0.39, 0.29) is 0 Å². The molecule has 0 saturated carbocycles. The highest BCUT2D eigenvalue weighted by molar-refractivity contribution is 6.15. The molecule has 0 saturated heterocycles. The number of hydrogen-bond donors (Lipinski definition) is 0. The Hall–Kier alpha value is -3.56. The Labute approximate surface area is 133 Å². The summed E-state index contributed by atoms with van der Waals surface area (Å²) in [5.74, 6) is 0. The number of para-hydroxylation sites is 1. The van der Waals surface area contributed by atoms with Crippen molar-refractivity contribution in [3.63, 3.8) is 0 Å². The third-order valence-corrected chi connectivity index (χ3v) is 4.01. The fraction of sp³-hybridized carbons (Fsp3) is 0. The molecule has 3 heteroatoms. The molecule has 4 aromatic rings. The van der Waals surface area contributed by atoms with Crippen molar-refractivity contribution in [3.8, 4) is 5.69 Å². The molecule has 106 valence electrons. The molecule has 3 aromatic carbocycles. The predicted molar refractivity (Wildman–Crippen MR) is 93.3 cm³/mol. The Kier molecular flexibility index (Phi) is 2.86. The van der Waals surface area contributed by atoms with Gasteiger partial charge in [0, 0.05) is 16.6 Å². The van der Waals surface area contributed by atoms with Crippen LogP contribution in [0.15, 0.2) is 66.7 Å². The second kappa shape index (κ2) is 5.02. The Morgan fingerprint density at radius 2 is 1.52 bits per heavy atom. The Morgan fingerprint density at radius 1 is 0.739 bits per heavy atom. The molecule has 1 aromatic heterocycles. The number of rotatable bonds is 1. The van der Waals surface area contributed by atoms with Crippen molar-refractivity contribution < 1.29 is 0 Å². The van der Waals surface area contributed by atoms with Crippen LogP contribution in [0.4, 0.5) is 11.4 Å². The van der Waals surface area contributed by atoms with Gasteiger partial charge in [-0.15, -0.1) is 0 Å². The Morgan fingerprint density at radius 3 is 2.35 bits per heavy atom. The number of fused-ring (bicyclic) bond motifs is 3. The standard InChI is InChI=1S/C20H11N3/c1-21-14-7-5-8-15(13-14)23-18-11-4-3-9-16(18)20-17(22-2)10-6-12-19(20)23/h3-13H. The van der Waals surface area contributed by atoms with E-state index in [1.54, 1.807) is 6.07 Å². The molecule has 0 aliphatic heterocycles. The first-order valence-corrected chi connectivity index (χ1v) is 7.21. The van der Waals surface area contributed by atoms with Gasteiger partial charge in [0.05, 0.1) is 18.7 Å². The van der Waals surface area contributed by atoms with Crippen molar-refractivity contribution in [1.29, 1.82) is 0 Å². The van der Waals surface area contributed by atoms with Crippen molar-refractivity contribution in [1.82, 2.24) is 4.57 Å². The van der Waals surface area contributed by atoms with E-state index in [0.717, 1.165) is 27.5 Å². The lowest BCUT2D eigenvalue weighted by atomic mass is 10.1. The number of nitrogens with zero attached hydrogens (tertiary/aromatic N) is 3. The number of aromatic nitrogens is 1. The lowest BCUT2D eigenvalue weighted by Gasteiger charge is -2.08. The van der Waals surface area contributed by atoms with Crippen molar-refractivity contribution >= 4 is 33.2 Å². The number of benzene rings is 3. The van der Waals surface area contributed by atoms with E-state index in [0.29, 0.717) is 11.4 Å². The summed E-state index contributed by atoms with van der Waals surface area (Å²) in [6.07, 6.45) is 0. The summed E-state index contributed by atoms with van der Waals surface area (Å²) in [7, 11) is 0. The second-order valence-corrected chi connectivity index (χ2v) is 5.27. The third-order valence-electron chi connectivity index (χ3n) is 4.01. The van der Waals surface area contributed by atoms with Crippen LogP contribution in [0.2, 0.25) is 0 Å². The lowest BCUT2D eigenvalue weighted by molar-refractivity contribution is 1.18. The van der Waals surface area contributed by atoms with Crippen molar-refractivity contribution in [2.24, 2.45) is 0 Å². The molecule has 0 aliphatic carbocycles. The van der Waals surface area contributed by atoms with E-state index in [1.165, 1.54) is 0 Å². The molecule has 1 heterocycles. The molecule has 0 unspecified atom stereocenters. The van der Waals surface area contributed by atoms with Gasteiger partial charge < -0.3 is 4.57 Å². The summed E-state index contributed by atoms with van der Waals surface area (Å²) in [4.78, 5) is 7.20. The fourth-order valence-electron chi connectivity index (χ4n) is 3.07. The van der Waals surface area contributed by atoms with E-state index < -0.39 is 0 Å². The smallest absolute Gasteiger partial charge is 0.197 e. The minimum absolute atomic E-state index is 0.606. The van der Waals surface area contributed by atoms with E-state index in [9.17, 15) is 0 Å². The van der Waals surface area contributed by atoms with Crippen LogP contribution in [0.1, 0.15) is 0 Å². The van der Waals surface area contributed by atoms with Gasteiger partial charge in [0.15, 0.2) is 11.4 Å². The van der Waals surface area contributed by atoms with E-state index >= 15 is 0 Å². The zero-order valence-corrected chi connectivity index (χ0v) is 12.2. The van der Waals surface area contributed by atoms with Crippen LogP contribution >= 0.6 is 0 Å². The zero-order chi connectivity index (χ0) is 15.8. The lowest BCUT2D eigenvalue weighted by Crippen LogP contribution is -1.92. The average Bonchev–Trinajstić information content (AvgIpc) is 2.96. The van der Waals surface area contributed by atoms with Crippen LogP contribution in [-0.2, 0) is 0 Å². The van der Waals surface area contributed by atoms with Crippen LogP contribution in [0.5, 0.6) is 0 Å². The van der Waals surface area contributed by atoms with Crippen LogP contribution < -0.4 is 0 Å². The second-order valence-electron chi connectivity index (χ2n) is 5.27. The molecule has 23 heavy (non-hydrogen) atoms. The SMILES string of the molecule is [C-]#[N+]c1cccc(-n2c3ccccc3c3c([N+]#[C-])cccc32)c1. The summed E-state index contributed by atoms with van der Waals surface area (Å²) >= 11 is 0. The first-order valence-electron chi connectivity index (χ1n) is 7.21. The van der Waals surface area contributed by atoms with Crippen LogP contribution in [0.25, 0.3) is 37.2 Å². The summed E-state index contributed by atoms with van der Waals surface area (Å²) in [6.45, 7) is 14.7. The number of hydrogen-bond acceptors (Lipinski definition) is 0. The molecule has 0 aliphatic rings. The van der Waals surface area contributed by atoms with Crippen molar-refractivity contribution in [3.05, 3.63) is 89.6 Å². The molecule has 0 bridgehead atoms. The summed E-state index contributed by atoms with van der Waals surface area (Å²) in [5.41, 5.74) is 4.22. The molecule has 0 atom stereocenters. The molecule has 3 nitrogen and oxygen atoms in total. The maximum Gasteiger partial charge on any atom is 0.197 e. The molecular formula is C20H11N3. The van der Waals surface area contributed by atoms with Gasteiger partial charge in [0.2, 0.25) is 0 Å². The van der Waals surface area contributed by atoms with Crippen molar-refractivity contribution in [2.45, 2.75) is 0 Å². The maximum absolute atomic E-state index is 7.45. The summed E-state index contributed by atoms with van der Waals surface area (Å²) in [5, 5.41) is 2.02. The Bertz CT molecular complexity index is 1140. The first-order chi connectivity index (χ1) is 11.3.